The van der Waals surface area contributed by atoms with Crippen LogP contribution in [0.4, 0.5) is 16.6 Å². The maximum absolute atomic E-state index is 11.7. The van der Waals surface area contributed by atoms with Gasteiger partial charge in [-0.25, -0.2) is 4.79 Å². The van der Waals surface area contributed by atoms with Crippen LogP contribution in [-0.4, -0.2) is 65.5 Å². The molecule has 1 aliphatic rings. The number of hydrogen-bond donors (Lipinski definition) is 1. The molecule has 0 bridgehead atoms. The van der Waals surface area contributed by atoms with Crippen molar-refractivity contribution in [3.63, 3.8) is 0 Å². The average Bonchev–Trinajstić information content (AvgIpc) is 2.56. The quantitative estimate of drug-likeness (QED) is 0.794. The normalized spacial score (nSPS) is 14.8. The highest BCUT2D eigenvalue weighted by molar-refractivity contribution is 5.68. The Bertz CT molecular complexity index is 476. The molecule has 0 saturated carbocycles. The number of carbonyl (C=O) groups is 1. The zero-order valence-corrected chi connectivity index (χ0v) is 13.3. The molecule has 8 nitrogen and oxygen atoms in total. The molecule has 8 heteroatoms. The molecule has 1 saturated heterocycles. The van der Waals surface area contributed by atoms with Crippen molar-refractivity contribution < 1.29 is 9.53 Å². The fourth-order valence-electron chi connectivity index (χ4n) is 2.23. The first-order chi connectivity index (χ1) is 10.7. The van der Waals surface area contributed by atoms with Crippen LogP contribution in [-0.2, 0) is 4.74 Å². The van der Waals surface area contributed by atoms with E-state index in [4.69, 9.17) is 4.74 Å². The summed E-state index contributed by atoms with van der Waals surface area (Å²) < 4.78 is 5.02. The smallest absolute Gasteiger partial charge is 0.409 e. The Balaban J connectivity index is 1.88. The van der Waals surface area contributed by atoms with Crippen LogP contribution < -0.4 is 10.2 Å². The summed E-state index contributed by atoms with van der Waals surface area (Å²) in [6, 6.07) is 0. The van der Waals surface area contributed by atoms with E-state index >= 15 is 0 Å². The lowest BCUT2D eigenvalue weighted by atomic mass is 10.3. The minimum atomic E-state index is -0.245. The van der Waals surface area contributed by atoms with Crippen LogP contribution in [0.25, 0.3) is 0 Å². The van der Waals surface area contributed by atoms with Gasteiger partial charge in [0.05, 0.1) is 12.8 Å². The van der Waals surface area contributed by atoms with E-state index in [0.29, 0.717) is 38.7 Å². The van der Waals surface area contributed by atoms with Gasteiger partial charge in [0, 0.05) is 32.7 Å². The first kappa shape index (κ1) is 16.3. The summed E-state index contributed by atoms with van der Waals surface area (Å²) in [5.74, 6) is 1.34. The third-order valence-electron chi connectivity index (χ3n) is 3.49. The number of ether oxygens (including phenoxy) is 1. The summed E-state index contributed by atoms with van der Waals surface area (Å²) in [7, 11) is 0. The van der Waals surface area contributed by atoms with Crippen LogP contribution in [0.3, 0.4) is 0 Å². The van der Waals surface area contributed by atoms with Gasteiger partial charge in [-0.2, -0.15) is 10.1 Å². The van der Waals surface area contributed by atoms with Gasteiger partial charge in [0.1, 0.15) is 0 Å². The van der Waals surface area contributed by atoms with Gasteiger partial charge in [-0.1, -0.05) is 13.3 Å². The molecule has 0 atom stereocenters. The van der Waals surface area contributed by atoms with E-state index in [0.717, 1.165) is 25.2 Å². The topological polar surface area (TPSA) is 83.5 Å². The number of anilines is 2. The van der Waals surface area contributed by atoms with Crippen LogP contribution >= 0.6 is 0 Å². The number of aromatic nitrogens is 3. The molecule has 1 N–H and O–H groups in total. The zero-order chi connectivity index (χ0) is 15.8. The van der Waals surface area contributed by atoms with E-state index in [1.165, 1.54) is 0 Å². The molecule has 122 valence electrons. The molecule has 0 unspecified atom stereocenters. The second kappa shape index (κ2) is 8.35. The summed E-state index contributed by atoms with van der Waals surface area (Å²) in [6.45, 7) is 7.88. The third kappa shape index (κ3) is 4.44. The number of unbranched alkanes of at least 4 members (excludes halogenated alkanes) is 1. The molecule has 1 amide bonds. The first-order valence-corrected chi connectivity index (χ1v) is 7.84. The number of piperazine rings is 1. The molecule has 0 aromatic carbocycles. The maximum Gasteiger partial charge on any atom is 0.409 e. The SMILES string of the molecule is CCCCNc1nncc(N2CCN(C(=O)OCC)CC2)n1. The summed E-state index contributed by atoms with van der Waals surface area (Å²) in [5.41, 5.74) is 0. The molecular formula is C14H24N6O2. The molecule has 1 aromatic heterocycles. The lowest BCUT2D eigenvalue weighted by molar-refractivity contribution is 0.105. The molecule has 2 heterocycles. The number of carbonyl (C=O) groups excluding carboxylic acids is 1. The molecule has 0 aliphatic carbocycles. The fraction of sp³-hybridized carbons (Fsp3) is 0.714. The van der Waals surface area contributed by atoms with Crippen molar-refractivity contribution in [2.24, 2.45) is 0 Å². The van der Waals surface area contributed by atoms with Crippen molar-refractivity contribution in [1.82, 2.24) is 20.1 Å². The maximum atomic E-state index is 11.7. The number of nitrogens with zero attached hydrogens (tertiary/aromatic N) is 5. The Morgan fingerprint density at radius 2 is 2.09 bits per heavy atom. The summed E-state index contributed by atoms with van der Waals surface area (Å²) in [5, 5.41) is 11.2. The average molecular weight is 308 g/mol. The minimum absolute atomic E-state index is 0.245. The van der Waals surface area contributed by atoms with Gasteiger partial charge in [0.15, 0.2) is 5.82 Å². The highest BCUT2D eigenvalue weighted by Crippen LogP contribution is 2.14. The second-order valence-electron chi connectivity index (χ2n) is 5.09. The van der Waals surface area contributed by atoms with Gasteiger partial charge < -0.3 is 19.9 Å². The predicted octanol–water partition coefficient (Wildman–Crippen LogP) is 1.36. The van der Waals surface area contributed by atoms with Crippen LogP contribution in [0, 0.1) is 0 Å². The molecule has 0 spiro atoms. The number of amides is 1. The van der Waals surface area contributed by atoms with E-state index < -0.39 is 0 Å². The highest BCUT2D eigenvalue weighted by Gasteiger charge is 2.23. The van der Waals surface area contributed by atoms with Crippen molar-refractivity contribution in [3.8, 4) is 0 Å². The van der Waals surface area contributed by atoms with Crippen molar-refractivity contribution in [3.05, 3.63) is 6.20 Å². The Labute approximate surface area is 130 Å². The van der Waals surface area contributed by atoms with Crippen molar-refractivity contribution in [2.75, 3.05) is 49.5 Å². The number of rotatable bonds is 6. The van der Waals surface area contributed by atoms with Gasteiger partial charge in [0.2, 0.25) is 5.95 Å². The lowest BCUT2D eigenvalue weighted by Crippen LogP contribution is -2.49. The Hall–Kier alpha value is -2.12. The van der Waals surface area contributed by atoms with Gasteiger partial charge in [-0.15, -0.1) is 5.10 Å². The summed E-state index contributed by atoms with van der Waals surface area (Å²) in [4.78, 5) is 20.0. The monoisotopic (exact) mass is 308 g/mol. The molecule has 1 aliphatic heterocycles. The predicted molar refractivity (Wildman–Crippen MR) is 84.0 cm³/mol. The first-order valence-electron chi connectivity index (χ1n) is 7.84. The largest absolute Gasteiger partial charge is 0.450 e. The standard InChI is InChI=1S/C14H24N6O2/c1-3-5-6-15-13-17-12(11-16-18-13)19-7-9-20(10-8-19)14(21)22-4-2/h11H,3-10H2,1-2H3,(H,15,17,18). The Kier molecular flexibility index (Phi) is 6.17. The van der Waals surface area contributed by atoms with Crippen molar-refractivity contribution in [2.45, 2.75) is 26.7 Å². The molecule has 2 rings (SSSR count). The third-order valence-corrected chi connectivity index (χ3v) is 3.49. The van der Waals surface area contributed by atoms with Gasteiger partial charge in [-0.05, 0) is 13.3 Å². The van der Waals surface area contributed by atoms with E-state index in [1.807, 2.05) is 6.92 Å². The summed E-state index contributed by atoms with van der Waals surface area (Å²) >= 11 is 0. The summed E-state index contributed by atoms with van der Waals surface area (Å²) in [6.07, 6.45) is 3.61. The van der Waals surface area contributed by atoms with Crippen molar-refractivity contribution in [1.29, 1.82) is 0 Å². The van der Waals surface area contributed by atoms with E-state index in [-0.39, 0.29) is 6.09 Å². The molecule has 22 heavy (non-hydrogen) atoms. The van der Waals surface area contributed by atoms with Crippen LogP contribution in [0.1, 0.15) is 26.7 Å². The van der Waals surface area contributed by atoms with E-state index in [2.05, 4.69) is 32.3 Å². The minimum Gasteiger partial charge on any atom is -0.450 e. The van der Waals surface area contributed by atoms with Gasteiger partial charge >= 0.3 is 6.09 Å². The van der Waals surface area contributed by atoms with Crippen LogP contribution in [0.5, 0.6) is 0 Å². The molecule has 0 radical (unpaired) electrons. The van der Waals surface area contributed by atoms with Crippen LogP contribution in [0.2, 0.25) is 0 Å². The number of nitrogens with one attached hydrogen (secondary N) is 1. The number of hydrogen-bond acceptors (Lipinski definition) is 7. The Morgan fingerprint density at radius 3 is 2.77 bits per heavy atom. The lowest BCUT2D eigenvalue weighted by Gasteiger charge is -2.34. The van der Waals surface area contributed by atoms with E-state index in [9.17, 15) is 4.79 Å². The second-order valence-corrected chi connectivity index (χ2v) is 5.09. The van der Waals surface area contributed by atoms with Gasteiger partial charge in [-0.3, -0.25) is 0 Å². The molecular weight excluding hydrogens is 284 g/mol. The van der Waals surface area contributed by atoms with Crippen molar-refractivity contribution >= 4 is 17.9 Å². The van der Waals surface area contributed by atoms with Crippen LogP contribution in [0.15, 0.2) is 6.20 Å². The Morgan fingerprint density at radius 1 is 1.32 bits per heavy atom. The fourth-order valence-corrected chi connectivity index (χ4v) is 2.23. The highest BCUT2D eigenvalue weighted by atomic mass is 16.6. The zero-order valence-electron chi connectivity index (χ0n) is 13.3. The van der Waals surface area contributed by atoms with Gasteiger partial charge in [0.25, 0.3) is 0 Å². The molecule has 1 aromatic rings. The molecule has 1 fully saturated rings. The van der Waals surface area contributed by atoms with E-state index in [1.54, 1.807) is 11.1 Å².